The van der Waals surface area contributed by atoms with E-state index in [2.05, 4.69) is 9.97 Å². The number of hydrogen-bond donors (Lipinski definition) is 1. The van der Waals surface area contributed by atoms with Crippen molar-refractivity contribution in [3.63, 3.8) is 0 Å². The van der Waals surface area contributed by atoms with Crippen LogP contribution in [0.1, 0.15) is 6.92 Å². The Morgan fingerprint density at radius 3 is 2.53 bits per heavy atom. The second kappa shape index (κ2) is 4.75. The molecule has 2 N–H and O–H groups in total. The standard InChI is InChI=1S/C10H14ClN5O/c1-7(17)15-2-4-16(5-3-15)9-6-8(11)13-10(12)14-9/h6H,2-5H2,1H3,(H2,12,13,14). The van der Waals surface area contributed by atoms with Crippen LogP contribution in [-0.4, -0.2) is 47.0 Å². The fraction of sp³-hybridized carbons (Fsp3) is 0.500. The van der Waals surface area contributed by atoms with E-state index in [1.165, 1.54) is 0 Å². The predicted octanol–water partition coefficient (Wildman–Crippen LogP) is 0.381. The minimum Gasteiger partial charge on any atom is -0.368 e. The number of halogens is 1. The molecule has 0 radical (unpaired) electrons. The molecule has 17 heavy (non-hydrogen) atoms. The van der Waals surface area contributed by atoms with E-state index in [4.69, 9.17) is 17.3 Å². The molecule has 2 heterocycles. The molecule has 6 nitrogen and oxygen atoms in total. The van der Waals surface area contributed by atoms with Gasteiger partial charge < -0.3 is 15.5 Å². The van der Waals surface area contributed by atoms with E-state index >= 15 is 0 Å². The van der Waals surface area contributed by atoms with Crippen LogP contribution in [0.4, 0.5) is 11.8 Å². The first-order valence-corrected chi connectivity index (χ1v) is 5.74. The molecule has 1 saturated heterocycles. The van der Waals surface area contributed by atoms with Crippen LogP contribution < -0.4 is 10.6 Å². The van der Waals surface area contributed by atoms with Gasteiger partial charge in [0.25, 0.3) is 0 Å². The summed E-state index contributed by atoms with van der Waals surface area (Å²) in [4.78, 5) is 23.0. The summed E-state index contributed by atoms with van der Waals surface area (Å²) in [5, 5.41) is 0.335. The van der Waals surface area contributed by atoms with E-state index in [1.807, 2.05) is 9.80 Å². The van der Waals surface area contributed by atoms with Crippen LogP contribution in [0.25, 0.3) is 0 Å². The third-order valence-electron chi connectivity index (χ3n) is 2.75. The topological polar surface area (TPSA) is 75.4 Å². The van der Waals surface area contributed by atoms with E-state index in [9.17, 15) is 4.79 Å². The Hall–Kier alpha value is -1.56. The van der Waals surface area contributed by atoms with Gasteiger partial charge in [-0.05, 0) is 0 Å². The quantitative estimate of drug-likeness (QED) is 0.735. The van der Waals surface area contributed by atoms with Crippen molar-refractivity contribution in [2.24, 2.45) is 0 Å². The second-order valence-corrected chi connectivity index (χ2v) is 4.29. The van der Waals surface area contributed by atoms with Crippen LogP contribution in [0, 0.1) is 0 Å². The van der Waals surface area contributed by atoms with Crippen molar-refractivity contribution < 1.29 is 4.79 Å². The Bertz CT molecular complexity index is 410. The van der Waals surface area contributed by atoms with Gasteiger partial charge in [-0.25, -0.2) is 4.98 Å². The maximum Gasteiger partial charge on any atom is 0.223 e. The summed E-state index contributed by atoms with van der Waals surface area (Å²) >= 11 is 5.83. The Morgan fingerprint density at radius 2 is 2.00 bits per heavy atom. The SMILES string of the molecule is CC(=O)N1CCN(c2cc(Cl)nc(N)n2)CC1. The van der Waals surface area contributed by atoms with Gasteiger partial charge in [0.05, 0.1) is 0 Å². The number of carbonyl (C=O) groups excluding carboxylic acids is 1. The van der Waals surface area contributed by atoms with Gasteiger partial charge in [0.2, 0.25) is 11.9 Å². The van der Waals surface area contributed by atoms with Crippen LogP contribution in [-0.2, 0) is 4.79 Å². The fourth-order valence-corrected chi connectivity index (χ4v) is 2.02. The van der Waals surface area contributed by atoms with E-state index in [0.717, 1.165) is 13.1 Å². The van der Waals surface area contributed by atoms with Crippen LogP contribution in [0.3, 0.4) is 0 Å². The molecule has 1 aliphatic rings. The zero-order chi connectivity index (χ0) is 12.4. The summed E-state index contributed by atoms with van der Waals surface area (Å²) in [6.07, 6.45) is 0. The smallest absolute Gasteiger partial charge is 0.223 e. The van der Waals surface area contributed by atoms with Crippen LogP contribution in [0.15, 0.2) is 6.07 Å². The maximum atomic E-state index is 11.2. The Morgan fingerprint density at radius 1 is 1.35 bits per heavy atom. The molecular weight excluding hydrogens is 242 g/mol. The van der Waals surface area contributed by atoms with E-state index < -0.39 is 0 Å². The molecule has 0 unspecified atom stereocenters. The number of anilines is 2. The summed E-state index contributed by atoms with van der Waals surface area (Å²) < 4.78 is 0. The van der Waals surface area contributed by atoms with Crippen molar-refractivity contribution in [2.45, 2.75) is 6.92 Å². The number of nitrogens with zero attached hydrogens (tertiary/aromatic N) is 4. The summed E-state index contributed by atoms with van der Waals surface area (Å²) in [6.45, 7) is 4.42. The molecule has 0 saturated carbocycles. The van der Waals surface area contributed by atoms with Gasteiger partial charge in [0, 0.05) is 39.2 Å². The lowest BCUT2D eigenvalue weighted by atomic mass is 10.3. The fourth-order valence-electron chi connectivity index (χ4n) is 1.84. The Kier molecular flexibility index (Phi) is 3.33. The number of hydrogen-bond acceptors (Lipinski definition) is 5. The molecule has 0 atom stereocenters. The van der Waals surface area contributed by atoms with Gasteiger partial charge in [-0.1, -0.05) is 11.6 Å². The Balaban J connectivity index is 2.07. The maximum absolute atomic E-state index is 11.2. The van der Waals surface area contributed by atoms with Gasteiger partial charge in [0.15, 0.2) is 0 Å². The van der Waals surface area contributed by atoms with Crippen LogP contribution in [0.5, 0.6) is 0 Å². The first-order valence-electron chi connectivity index (χ1n) is 5.37. The van der Waals surface area contributed by atoms with Crippen LogP contribution >= 0.6 is 11.6 Å². The predicted molar refractivity (Wildman–Crippen MR) is 65.9 cm³/mol. The molecule has 1 aliphatic heterocycles. The van der Waals surface area contributed by atoms with Gasteiger partial charge >= 0.3 is 0 Å². The minimum atomic E-state index is 0.102. The second-order valence-electron chi connectivity index (χ2n) is 3.90. The van der Waals surface area contributed by atoms with E-state index in [1.54, 1.807) is 13.0 Å². The lowest BCUT2D eigenvalue weighted by Gasteiger charge is -2.34. The molecule has 1 aromatic rings. The first-order chi connectivity index (χ1) is 8.06. The molecule has 0 spiro atoms. The first kappa shape index (κ1) is 11.9. The molecule has 7 heteroatoms. The van der Waals surface area contributed by atoms with Crippen LogP contribution in [0.2, 0.25) is 5.15 Å². The number of nitrogens with two attached hydrogens (primary N) is 1. The molecule has 2 rings (SSSR count). The van der Waals surface area contributed by atoms with E-state index in [-0.39, 0.29) is 11.9 Å². The highest BCUT2D eigenvalue weighted by Crippen LogP contribution is 2.18. The number of carbonyl (C=O) groups is 1. The van der Waals surface area contributed by atoms with Crippen molar-refractivity contribution in [1.29, 1.82) is 0 Å². The molecule has 1 aromatic heterocycles. The molecule has 0 aromatic carbocycles. The minimum absolute atomic E-state index is 0.102. The summed E-state index contributed by atoms with van der Waals surface area (Å²) in [5.41, 5.74) is 5.54. The highest BCUT2D eigenvalue weighted by atomic mass is 35.5. The van der Waals surface area contributed by atoms with Gasteiger partial charge in [-0.3, -0.25) is 4.79 Å². The molecule has 0 aliphatic carbocycles. The third-order valence-corrected chi connectivity index (χ3v) is 2.94. The zero-order valence-corrected chi connectivity index (χ0v) is 10.3. The molecule has 1 amide bonds. The van der Waals surface area contributed by atoms with Crippen molar-refractivity contribution >= 4 is 29.3 Å². The zero-order valence-electron chi connectivity index (χ0n) is 9.56. The monoisotopic (exact) mass is 255 g/mol. The number of nitrogen functional groups attached to an aromatic ring is 1. The van der Waals surface area contributed by atoms with Gasteiger partial charge in [-0.15, -0.1) is 0 Å². The number of amides is 1. The number of aromatic nitrogens is 2. The lowest BCUT2D eigenvalue weighted by molar-refractivity contribution is -0.129. The van der Waals surface area contributed by atoms with Crippen molar-refractivity contribution in [3.8, 4) is 0 Å². The average Bonchev–Trinajstić information content (AvgIpc) is 2.28. The van der Waals surface area contributed by atoms with Crippen molar-refractivity contribution in [3.05, 3.63) is 11.2 Å². The normalized spacial score (nSPS) is 16.1. The lowest BCUT2D eigenvalue weighted by Crippen LogP contribution is -2.48. The summed E-state index contributed by atoms with van der Waals surface area (Å²) in [5.74, 6) is 0.983. The number of rotatable bonds is 1. The molecular formula is C10H14ClN5O. The number of piperazine rings is 1. The average molecular weight is 256 g/mol. The van der Waals surface area contributed by atoms with Crippen molar-refractivity contribution in [2.75, 3.05) is 36.8 Å². The third kappa shape index (κ3) is 2.76. The van der Waals surface area contributed by atoms with Gasteiger partial charge in [0.1, 0.15) is 11.0 Å². The summed E-state index contributed by atoms with van der Waals surface area (Å²) in [6, 6.07) is 1.68. The highest BCUT2D eigenvalue weighted by Gasteiger charge is 2.20. The van der Waals surface area contributed by atoms with Crippen molar-refractivity contribution in [1.82, 2.24) is 14.9 Å². The van der Waals surface area contributed by atoms with Gasteiger partial charge in [-0.2, -0.15) is 4.98 Å². The largest absolute Gasteiger partial charge is 0.368 e. The molecule has 0 bridgehead atoms. The Labute approximate surface area is 104 Å². The molecule has 92 valence electrons. The van der Waals surface area contributed by atoms with E-state index in [0.29, 0.717) is 24.1 Å². The summed E-state index contributed by atoms with van der Waals surface area (Å²) in [7, 11) is 0. The molecule has 1 fully saturated rings. The highest BCUT2D eigenvalue weighted by molar-refractivity contribution is 6.29.